The molecule has 0 unspecified atom stereocenters. The van der Waals surface area contributed by atoms with Crippen LogP contribution in [0.5, 0.6) is 5.75 Å². The first-order valence-corrected chi connectivity index (χ1v) is 6.67. The summed E-state index contributed by atoms with van der Waals surface area (Å²) in [4.78, 5) is 4.27. The van der Waals surface area contributed by atoms with Gasteiger partial charge in [0.1, 0.15) is 18.2 Å². The predicted octanol–water partition coefficient (Wildman–Crippen LogP) is 3.16. The Balaban J connectivity index is 2.15. The molecule has 2 aromatic rings. The van der Waals surface area contributed by atoms with Gasteiger partial charge in [-0.15, -0.1) is 0 Å². The summed E-state index contributed by atoms with van der Waals surface area (Å²) in [6, 6.07) is 5.36. The lowest BCUT2D eigenvalue weighted by molar-refractivity contribution is 0.285. The zero-order valence-corrected chi connectivity index (χ0v) is 11.9. The second kappa shape index (κ2) is 6.08. The van der Waals surface area contributed by atoms with E-state index in [1.807, 2.05) is 29.8 Å². The van der Waals surface area contributed by atoms with Gasteiger partial charge >= 0.3 is 0 Å². The van der Waals surface area contributed by atoms with E-state index >= 15 is 0 Å². The van der Waals surface area contributed by atoms with Crippen molar-refractivity contribution in [3.8, 4) is 5.75 Å². The predicted molar refractivity (Wildman–Crippen MR) is 76.3 cm³/mol. The molecule has 0 amide bonds. The molecule has 4 nitrogen and oxygen atoms in total. The van der Waals surface area contributed by atoms with Crippen molar-refractivity contribution in [2.45, 2.75) is 33.0 Å². The molecule has 0 saturated carbocycles. The van der Waals surface area contributed by atoms with Crippen LogP contribution in [0.25, 0.3) is 0 Å². The Labute approximate surface area is 118 Å². The molecule has 19 heavy (non-hydrogen) atoms. The Morgan fingerprint density at radius 1 is 1.47 bits per heavy atom. The topological polar surface area (TPSA) is 53.1 Å². The SMILES string of the molecule is CCn1ccnc1COc1ccc(Cl)cc1[C@H](C)N. The van der Waals surface area contributed by atoms with Crippen LogP contribution in [-0.4, -0.2) is 9.55 Å². The van der Waals surface area contributed by atoms with Crippen molar-refractivity contribution in [2.75, 3.05) is 0 Å². The maximum absolute atomic E-state index is 5.98. The van der Waals surface area contributed by atoms with E-state index in [4.69, 9.17) is 22.1 Å². The van der Waals surface area contributed by atoms with Gasteiger partial charge in [-0.25, -0.2) is 4.98 Å². The summed E-state index contributed by atoms with van der Waals surface area (Å²) >= 11 is 5.98. The molecule has 0 fully saturated rings. The van der Waals surface area contributed by atoms with Gasteiger partial charge in [-0.1, -0.05) is 11.6 Å². The molecule has 0 aliphatic rings. The minimum absolute atomic E-state index is 0.125. The van der Waals surface area contributed by atoms with Crippen molar-refractivity contribution in [3.63, 3.8) is 0 Å². The molecule has 0 saturated heterocycles. The van der Waals surface area contributed by atoms with E-state index in [2.05, 4.69) is 11.9 Å². The molecule has 0 aliphatic heterocycles. The largest absolute Gasteiger partial charge is 0.485 e. The molecule has 1 atom stereocenters. The van der Waals surface area contributed by atoms with Crippen molar-refractivity contribution in [2.24, 2.45) is 5.73 Å². The Kier molecular flexibility index (Phi) is 4.45. The quantitative estimate of drug-likeness (QED) is 0.915. The first kappa shape index (κ1) is 13.9. The maximum Gasteiger partial charge on any atom is 0.146 e. The highest BCUT2D eigenvalue weighted by Crippen LogP contribution is 2.27. The third kappa shape index (κ3) is 3.28. The first-order chi connectivity index (χ1) is 9.11. The smallest absolute Gasteiger partial charge is 0.146 e. The minimum atomic E-state index is -0.125. The molecule has 2 N–H and O–H groups in total. The highest BCUT2D eigenvalue weighted by molar-refractivity contribution is 6.30. The monoisotopic (exact) mass is 279 g/mol. The van der Waals surface area contributed by atoms with Crippen molar-refractivity contribution >= 4 is 11.6 Å². The van der Waals surface area contributed by atoms with Gasteiger partial charge < -0.3 is 15.0 Å². The highest BCUT2D eigenvalue weighted by Gasteiger charge is 2.10. The van der Waals surface area contributed by atoms with Gasteiger partial charge in [0.25, 0.3) is 0 Å². The second-order valence-corrected chi connectivity index (χ2v) is 4.83. The first-order valence-electron chi connectivity index (χ1n) is 6.29. The van der Waals surface area contributed by atoms with E-state index in [1.54, 1.807) is 12.3 Å². The number of aryl methyl sites for hydroxylation is 1. The minimum Gasteiger partial charge on any atom is -0.485 e. The molecule has 0 spiro atoms. The molecule has 2 rings (SSSR count). The van der Waals surface area contributed by atoms with Gasteiger partial charge in [0, 0.05) is 35.6 Å². The molecule has 1 heterocycles. The fraction of sp³-hybridized carbons (Fsp3) is 0.357. The number of benzene rings is 1. The Morgan fingerprint density at radius 3 is 2.95 bits per heavy atom. The molecule has 0 aliphatic carbocycles. The molecule has 1 aromatic heterocycles. The number of nitrogens with two attached hydrogens (primary N) is 1. The lowest BCUT2D eigenvalue weighted by Gasteiger charge is -2.14. The van der Waals surface area contributed by atoms with Crippen molar-refractivity contribution in [3.05, 3.63) is 47.0 Å². The number of nitrogens with zero attached hydrogens (tertiary/aromatic N) is 2. The number of halogens is 1. The summed E-state index contributed by atoms with van der Waals surface area (Å²) in [5.74, 6) is 1.65. The van der Waals surface area contributed by atoms with Gasteiger partial charge in [-0.05, 0) is 32.0 Å². The van der Waals surface area contributed by atoms with E-state index < -0.39 is 0 Å². The zero-order chi connectivity index (χ0) is 13.8. The van der Waals surface area contributed by atoms with Gasteiger partial charge in [0.05, 0.1) is 0 Å². The van der Waals surface area contributed by atoms with Crippen LogP contribution < -0.4 is 10.5 Å². The number of rotatable bonds is 5. The van der Waals surface area contributed by atoms with Crippen LogP contribution in [0.4, 0.5) is 0 Å². The van der Waals surface area contributed by atoms with Crippen LogP contribution in [0.15, 0.2) is 30.6 Å². The standard InChI is InChI=1S/C14H18ClN3O/c1-3-18-7-6-17-14(18)9-19-13-5-4-11(15)8-12(13)10(2)16/h4-8,10H,3,9,16H2,1-2H3/t10-/m0/s1. The van der Waals surface area contributed by atoms with Crippen molar-refractivity contribution < 1.29 is 4.74 Å². The summed E-state index contributed by atoms with van der Waals surface area (Å²) in [6.45, 7) is 5.27. The van der Waals surface area contributed by atoms with Crippen molar-refractivity contribution in [1.29, 1.82) is 0 Å². The molecular formula is C14H18ClN3O. The fourth-order valence-corrected chi connectivity index (χ4v) is 2.10. The van der Waals surface area contributed by atoms with E-state index in [0.29, 0.717) is 11.6 Å². The zero-order valence-electron chi connectivity index (χ0n) is 11.1. The van der Waals surface area contributed by atoms with Gasteiger partial charge in [0.2, 0.25) is 0 Å². The average molecular weight is 280 g/mol. The van der Waals surface area contributed by atoms with Crippen molar-refractivity contribution in [1.82, 2.24) is 9.55 Å². The molecule has 0 bridgehead atoms. The molecule has 0 radical (unpaired) electrons. The Morgan fingerprint density at radius 2 is 2.26 bits per heavy atom. The van der Waals surface area contributed by atoms with E-state index in [0.717, 1.165) is 23.7 Å². The Hall–Kier alpha value is -1.52. The van der Waals surface area contributed by atoms with E-state index in [-0.39, 0.29) is 6.04 Å². The lowest BCUT2D eigenvalue weighted by atomic mass is 10.1. The van der Waals surface area contributed by atoms with Crippen LogP contribution in [0.2, 0.25) is 5.02 Å². The molecular weight excluding hydrogens is 262 g/mol. The number of aromatic nitrogens is 2. The summed E-state index contributed by atoms with van der Waals surface area (Å²) < 4.78 is 7.86. The summed E-state index contributed by atoms with van der Waals surface area (Å²) in [6.07, 6.45) is 3.71. The third-order valence-corrected chi connectivity index (χ3v) is 3.20. The molecule has 5 heteroatoms. The normalized spacial score (nSPS) is 12.4. The maximum atomic E-state index is 5.98. The van der Waals surface area contributed by atoms with Crippen LogP contribution >= 0.6 is 11.6 Å². The number of hydrogen-bond acceptors (Lipinski definition) is 3. The fourth-order valence-electron chi connectivity index (χ4n) is 1.92. The van der Waals surface area contributed by atoms with Gasteiger partial charge in [-0.2, -0.15) is 0 Å². The number of hydrogen-bond donors (Lipinski definition) is 1. The highest BCUT2D eigenvalue weighted by atomic mass is 35.5. The van der Waals surface area contributed by atoms with Crippen LogP contribution in [-0.2, 0) is 13.2 Å². The summed E-state index contributed by atoms with van der Waals surface area (Å²) in [7, 11) is 0. The van der Waals surface area contributed by atoms with Crippen LogP contribution in [0.1, 0.15) is 31.3 Å². The number of imidazole rings is 1. The second-order valence-electron chi connectivity index (χ2n) is 4.39. The van der Waals surface area contributed by atoms with Crippen LogP contribution in [0.3, 0.4) is 0 Å². The number of ether oxygens (including phenoxy) is 1. The van der Waals surface area contributed by atoms with Gasteiger partial charge in [-0.3, -0.25) is 0 Å². The third-order valence-electron chi connectivity index (χ3n) is 2.96. The molecule has 102 valence electrons. The average Bonchev–Trinajstić information content (AvgIpc) is 2.84. The van der Waals surface area contributed by atoms with E-state index in [1.165, 1.54) is 0 Å². The summed E-state index contributed by atoms with van der Waals surface area (Å²) in [5.41, 5.74) is 6.83. The van der Waals surface area contributed by atoms with Gasteiger partial charge in [0.15, 0.2) is 0 Å². The lowest BCUT2D eigenvalue weighted by Crippen LogP contribution is -2.10. The van der Waals surface area contributed by atoms with Crippen LogP contribution in [0, 0.1) is 0 Å². The molecule has 1 aromatic carbocycles. The van der Waals surface area contributed by atoms with E-state index in [9.17, 15) is 0 Å². The Bertz CT molecular complexity index is 551. The summed E-state index contributed by atoms with van der Waals surface area (Å²) in [5, 5.41) is 0.662.